The van der Waals surface area contributed by atoms with Gasteiger partial charge in [-0.1, -0.05) is 49.8 Å². The zero-order valence-electron chi connectivity index (χ0n) is 21.2. The molecule has 0 amide bonds. The van der Waals surface area contributed by atoms with Crippen molar-refractivity contribution in [3.63, 3.8) is 0 Å². The Morgan fingerprint density at radius 2 is 1.62 bits per heavy atom. The van der Waals surface area contributed by atoms with Gasteiger partial charge in [-0.15, -0.1) is 0 Å². The molecule has 0 aliphatic heterocycles. The Morgan fingerprint density at radius 1 is 1.00 bits per heavy atom. The highest BCUT2D eigenvalue weighted by atomic mass is 19.4. The van der Waals surface area contributed by atoms with Gasteiger partial charge in [0.05, 0.1) is 17.2 Å². The van der Waals surface area contributed by atoms with Gasteiger partial charge in [0.2, 0.25) is 0 Å². The van der Waals surface area contributed by atoms with Gasteiger partial charge in [0.25, 0.3) is 0 Å². The number of hydrogen-bond donors (Lipinski definition) is 2. The molecule has 202 valence electrons. The van der Waals surface area contributed by atoms with E-state index in [-0.39, 0.29) is 17.5 Å². The number of aliphatic hydroxyl groups excluding tert-OH is 1. The van der Waals surface area contributed by atoms with Crippen molar-refractivity contribution in [3.05, 3.63) is 83.1 Å². The third kappa shape index (κ3) is 9.53. The smallest absolute Gasteiger partial charge is 0.387 e. The van der Waals surface area contributed by atoms with Crippen LogP contribution >= 0.6 is 0 Å². The number of aryl methyl sites for hydroxylation is 1. The zero-order chi connectivity index (χ0) is 28.2. The Hall–Kier alpha value is -3.40. The maximum absolute atomic E-state index is 13.3. The first-order valence-electron chi connectivity index (χ1n) is 11.5. The van der Waals surface area contributed by atoms with Crippen LogP contribution in [-0.4, -0.2) is 29.9 Å². The van der Waals surface area contributed by atoms with Crippen molar-refractivity contribution in [2.45, 2.75) is 46.2 Å². The molecule has 3 aromatic rings. The second kappa shape index (κ2) is 14.4. The molecule has 2 aromatic carbocycles. The van der Waals surface area contributed by atoms with Crippen molar-refractivity contribution >= 4 is 22.8 Å². The van der Waals surface area contributed by atoms with Crippen LogP contribution in [0.2, 0.25) is 0 Å². The third-order valence-electron chi connectivity index (χ3n) is 4.81. The molecule has 37 heavy (non-hydrogen) atoms. The molecule has 2 N–H and O–H groups in total. The number of rotatable bonds is 5. The van der Waals surface area contributed by atoms with Crippen molar-refractivity contribution in [2.24, 2.45) is 4.99 Å². The molecule has 0 saturated heterocycles. The van der Waals surface area contributed by atoms with Crippen LogP contribution in [-0.2, 0) is 12.4 Å². The Labute approximate surface area is 212 Å². The van der Waals surface area contributed by atoms with Gasteiger partial charge < -0.3 is 10.4 Å². The van der Waals surface area contributed by atoms with Crippen molar-refractivity contribution < 1.29 is 31.4 Å². The fourth-order valence-electron chi connectivity index (χ4n) is 3.09. The lowest BCUT2D eigenvalue weighted by Gasteiger charge is -2.19. The quantitative estimate of drug-likeness (QED) is 0.261. The molecule has 0 spiro atoms. The molecule has 0 bridgehead atoms. The number of hydrogen-bond acceptors (Lipinski definition) is 4. The van der Waals surface area contributed by atoms with Crippen LogP contribution < -0.4 is 5.32 Å². The first-order valence-corrected chi connectivity index (χ1v) is 11.5. The van der Waals surface area contributed by atoms with E-state index in [1.54, 1.807) is 37.5 Å². The van der Waals surface area contributed by atoms with Crippen molar-refractivity contribution in [1.29, 1.82) is 0 Å². The number of aromatic nitrogens is 1. The number of pyridine rings is 1. The van der Waals surface area contributed by atoms with Crippen molar-refractivity contribution in [3.8, 4) is 0 Å². The lowest BCUT2D eigenvalue weighted by molar-refractivity contribution is -0.142. The third-order valence-corrected chi connectivity index (χ3v) is 4.81. The summed E-state index contributed by atoms with van der Waals surface area (Å²) in [6, 6.07) is 10.6. The molecule has 0 saturated carbocycles. The van der Waals surface area contributed by atoms with Crippen LogP contribution in [0.4, 0.5) is 32.0 Å². The molecular weight excluding hydrogens is 496 g/mol. The lowest BCUT2D eigenvalue weighted by Crippen LogP contribution is -2.17. The maximum Gasteiger partial charge on any atom is 0.433 e. The van der Waals surface area contributed by atoms with Crippen LogP contribution in [0.3, 0.4) is 0 Å². The number of anilines is 1. The average Bonchev–Trinajstić information content (AvgIpc) is 2.86. The SMILES string of the molecule is C/C=C\C=NC.CC.Cc1ccc(NCC(O)c2cc(C(F)(F)F)nc3c(C(F)(F)F)cccc23)cc1. The Kier molecular flexibility index (Phi) is 12.3. The summed E-state index contributed by atoms with van der Waals surface area (Å²) in [7, 11) is 1.75. The topological polar surface area (TPSA) is 57.5 Å². The molecule has 0 radical (unpaired) electrons. The van der Waals surface area contributed by atoms with Gasteiger partial charge in [-0.25, -0.2) is 4.98 Å². The minimum absolute atomic E-state index is 0.189. The fourth-order valence-corrected chi connectivity index (χ4v) is 3.09. The van der Waals surface area contributed by atoms with Crippen LogP contribution in [0.1, 0.15) is 49.3 Å². The largest absolute Gasteiger partial charge is 0.433 e. The predicted molar refractivity (Wildman–Crippen MR) is 137 cm³/mol. The number of nitrogens with one attached hydrogen (secondary N) is 1. The number of aliphatic hydroxyl groups is 1. The van der Waals surface area contributed by atoms with E-state index < -0.39 is 35.2 Å². The van der Waals surface area contributed by atoms with Crippen LogP contribution in [0, 0.1) is 6.92 Å². The van der Waals surface area contributed by atoms with Crippen LogP contribution in [0.25, 0.3) is 10.9 Å². The second-order valence-electron chi connectivity index (χ2n) is 7.49. The second-order valence-corrected chi connectivity index (χ2v) is 7.49. The number of aliphatic imine (C=N–C) groups is 1. The molecule has 10 heteroatoms. The molecule has 1 unspecified atom stereocenters. The van der Waals surface area contributed by atoms with Gasteiger partial charge in [-0.2, -0.15) is 26.3 Å². The van der Waals surface area contributed by atoms with E-state index in [1.165, 1.54) is 6.07 Å². The number of benzene rings is 2. The summed E-state index contributed by atoms with van der Waals surface area (Å²) in [4.78, 5) is 6.92. The van der Waals surface area contributed by atoms with E-state index in [1.807, 2.05) is 39.8 Å². The molecular formula is C27H31F6N3O. The molecule has 1 heterocycles. The highest BCUT2D eigenvalue weighted by Gasteiger charge is 2.37. The molecule has 1 atom stereocenters. The average molecular weight is 528 g/mol. The monoisotopic (exact) mass is 527 g/mol. The van der Waals surface area contributed by atoms with Gasteiger partial charge >= 0.3 is 12.4 Å². The summed E-state index contributed by atoms with van der Waals surface area (Å²) in [5, 5.41) is 13.2. The number of allylic oxidation sites excluding steroid dienone is 2. The zero-order valence-corrected chi connectivity index (χ0v) is 21.2. The molecule has 1 aromatic heterocycles. The fraction of sp³-hybridized carbons (Fsp3) is 0.333. The Balaban J connectivity index is 0.000000752. The summed E-state index contributed by atoms with van der Waals surface area (Å²) >= 11 is 0. The summed E-state index contributed by atoms with van der Waals surface area (Å²) in [6.45, 7) is 7.63. The number of halogens is 6. The first kappa shape index (κ1) is 31.6. The highest BCUT2D eigenvalue weighted by molar-refractivity contribution is 5.86. The number of nitrogens with zero attached hydrogens (tertiary/aromatic N) is 2. The van der Waals surface area contributed by atoms with E-state index in [4.69, 9.17) is 0 Å². The lowest BCUT2D eigenvalue weighted by atomic mass is 9.99. The highest BCUT2D eigenvalue weighted by Crippen LogP contribution is 2.39. The van der Waals surface area contributed by atoms with E-state index >= 15 is 0 Å². The minimum Gasteiger partial charge on any atom is -0.387 e. The van der Waals surface area contributed by atoms with Gasteiger partial charge in [-0.3, -0.25) is 4.99 Å². The van der Waals surface area contributed by atoms with Gasteiger partial charge in [-0.05, 0) is 49.8 Å². The predicted octanol–water partition coefficient (Wildman–Crippen LogP) is 8.02. The van der Waals surface area contributed by atoms with Crippen LogP contribution in [0.15, 0.2) is 65.7 Å². The Bertz CT molecular complexity index is 1160. The van der Waals surface area contributed by atoms with Gasteiger partial charge in [0.1, 0.15) is 5.69 Å². The number of fused-ring (bicyclic) bond motifs is 1. The summed E-state index contributed by atoms with van der Waals surface area (Å²) in [6.07, 6.45) is -5.77. The summed E-state index contributed by atoms with van der Waals surface area (Å²) in [5.74, 6) is 0. The minimum atomic E-state index is -4.97. The standard InChI is InChI=1S/C20H16F6N2O.C5H9N.C2H6/c1-11-5-7-12(8-6-11)27-10-16(29)14-9-17(20(24,25)26)28-18-13(14)3-2-4-15(18)19(21,22)23;1-3-4-5-6-2;1-2/h2-9,16,27,29H,10H2,1H3;3-5H,1-2H3;1-2H3/b;4-3-,6-5?;. The van der Waals surface area contributed by atoms with Gasteiger partial charge in [0.15, 0.2) is 0 Å². The van der Waals surface area contributed by atoms with E-state index in [2.05, 4.69) is 15.3 Å². The first-order chi connectivity index (χ1) is 17.4. The molecule has 3 rings (SSSR count). The molecule has 0 aliphatic carbocycles. The van der Waals surface area contributed by atoms with Gasteiger partial charge in [0, 0.05) is 30.9 Å². The Morgan fingerprint density at radius 3 is 2.11 bits per heavy atom. The summed E-state index contributed by atoms with van der Waals surface area (Å²) in [5.41, 5.74) is -2.31. The van der Waals surface area contributed by atoms with Crippen LogP contribution in [0.5, 0.6) is 0 Å². The van der Waals surface area contributed by atoms with E-state index in [0.29, 0.717) is 17.8 Å². The maximum atomic E-state index is 13.3. The number of alkyl halides is 6. The van der Waals surface area contributed by atoms with E-state index in [9.17, 15) is 31.4 Å². The number of para-hydroxylation sites is 1. The normalized spacial score (nSPS) is 12.6. The molecule has 0 aliphatic rings. The molecule has 4 nitrogen and oxygen atoms in total. The van der Waals surface area contributed by atoms with E-state index in [0.717, 1.165) is 11.6 Å². The molecule has 0 fully saturated rings. The van der Waals surface area contributed by atoms with Crippen molar-refractivity contribution in [2.75, 3.05) is 18.9 Å². The van der Waals surface area contributed by atoms with Crippen molar-refractivity contribution in [1.82, 2.24) is 4.98 Å². The summed E-state index contributed by atoms with van der Waals surface area (Å²) < 4.78 is 79.6.